The first-order valence-corrected chi connectivity index (χ1v) is 6.28. The number of benzene rings is 1. The van der Waals surface area contributed by atoms with Crippen molar-refractivity contribution in [2.45, 2.75) is 6.54 Å². The van der Waals surface area contributed by atoms with Crippen molar-refractivity contribution < 1.29 is 14.3 Å². The quantitative estimate of drug-likeness (QED) is 0.903. The Labute approximate surface area is 108 Å². The van der Waals surface area contributed by atoms with Crippen LogP contribution in [0.3, 0.4) is 0 Å². The molecular weight excluding hydrogens is 253 g/mol. The van der Waals surface area contributed by atoms with Crippen LogP contribution in [0.4, 0.5) is 10.1 Å². The maximum Gasteiger partial charge on any atom is 0.323 e. The highest BCUT2D eigenvalue weighted by Crippen LogP contribution is 2.19. The molecule has 0 saturated carbocycles. The average Bonchev–Trinajstić information content (AvgIpc) is 2.81. The number of nitrogens with zero attached hydrogens (tertiary/aromatic N) is 1. The second kappa shape index (κ2) is 5.64. The summed E-state index contributed by atoms with van der Waals surface area (Å²) < 4.78 is 12.9. The number of thiophene rings is 1. The van der Waals surface area contributed by atoms with Crippen LogP contribution >= 0.6 is 11.3 Å². The van der Waals surface area contributed by atoms with Gasteiger partial charge in [0.1, 0.15) is 12.4 Å². The van der Waals surface area contributed by atoms with Crippen molar-refractivity contribution in [2.24, 2.45) is 0 Å². The van der Waals surface area contributed by atoms with Gasteiger partial charge in [-0.1, -0.05) is 6.07 Å². The highest BCUT2D eigenvalue weighted by molar-refractivity contribution is 7.09. The number of anilines is 1. The normalized spacial score (nSPS) is 10.3. The van der Waals surface area contributed by atoms with Crippen molar-refractivity contribution in [3.8, 4) is 0 Å². The molecule has 1 N–H and O–H groups in total. The third-order valence-electron chi connectivity index (χ3n) is 2.44. The van der Waals surface area contributed by atoms with Gasteiger partial charge in [0.25, 0.3) is 0 Å². The van der Waals surface area contributed by atoms with E-state index in [0.29, 0.717) is 12.2 Å². The summed E-state index contributed by atoms with van der Waals surface area (Å²) in [5, 5.41) is 10.9. The van der Waals surface area contributed by atoms with Crippen molar-refractivity contribution in [3.63, 3.8) is 0 Å². The largest absolute Gasteiger partial charge is 0.480 e. The number of carboxylic acid groups (broad SMARTS) is 1. The van der Waals surface area contributed by atoms with E-state index in [1.165, 1.54) is 12.1 Å². The lowest BCUT2D eigenvalue weighted by atomic mass is 10.2. The molecule has 2 aromatic rings. The second-order valence-corrected chi connectivity index (χ2v) is 4.84. The molecule has 0 aliphatic carbocycles. The fourth-order valence-corrected chi connectivity index (χ4v) is 2.36. The van der Waals surface area contributed by atoms with Crippen LogP contribution < -0.4 is 4.90 Å². The summed E-state index contributed by atoms with van der Waals surface area (Å²) in [6, 6.07) is 9.71. The zero-order valence-corrected chi connectivity index (χ0v) is 10.4. The Balaban J connectivity index is 2.19. The Bertz CT molecular complexity index is 510. The molecule has 5 heteroatoms. The third kappa shape index (κ3) is 3.30. The second-order valence-electron chi connectivity index (χ2n) is 3.81. The Morgan fingerprint density at radius 2 is 2.00 bits per heavy atom. The fraction of sp³-hybridized carbons (Fsp3) is 0.154. The predicted octanol–water partition coefficient (Wildman–Crippen LogP) is 2.98. The van der Waals surface area contributed by atoms with Gasteiger partial charge < -0.3 is 10.0 Å². The summed E-state index contributed by atoms with van der Waals surface area (Å²) in [6.45, 7) is 0.402. The molecule has 1 aromatic heterocycles. The number of rotatable bonds is 5. The van der Waals surface area contributed by atoms with E-state index in [9.17, 15) is 9.18 Å². The Morgan fingerprint density at radius 1 is 1.28 bits per heavy atom. The molecule has 94 valence electrons. The van der Waals surface area contributed by atoms with E-state index in [2.05, 4.69) is 0 Å². The van der Waals surface area contributed by atoms with Crippen LogP contribution in [0.25, 0.3) is 0 Å². The van der Waals surface area contributed by atoms with Gasteiger partial charge >= 0.3 is 5.97 Å². The molecule has 0 atom stereocenters. The highest BCUT2D eigenvalue weighted by atomic mass is 32.1. The summed E-state index contributed by atoms with van der Waals surface area (Å²) in [7, 11) is 0. The maximum absolute atomic E-state index is 12.9. The van der Waals surface area contributed by atoms with Gasteiger partial charge in [0.2, 0.25) is 0 Å². The lowest BCUT2D eigenvalue weighted by Gasteiger charge is -2.22. The standard InChI is InChI=1S/C13H12FNO2S/c14-10-3-5-11(6-4-10)15(9-13(16)17)8-12-2-1-7-18-12/h1-7H,8-9H2,(H,16,17). The average molecular weight is 265 g/mol. The van der Waals surface area contributed by atoms with Gasteiger partial charge in [-0.15, -0.1) is 11.3 Å². The Hall–Kier alpha value is -1.88. The molecule has 0 fully saturated rings. The summed E-state index contributed by atoms with van der Waals surface area (Å²) in [6.07, 6.45) is 0. The number of carboxylic acids is 1. The maximum atomic E-state index is 12.9. The lowest BCUT2D eigenvalue weighted by molar-refractivity contribution is -0.135. The zero-order valence-electron chi connectivity index (χ0n) is 9.54. The molecule has 0 amide bonds. The molecule has 0 radical (unpaired) electrons. The number of hydrogen-bond donors (Lipinski definition) is 1. The minimum atomic E-state index is -0.907. The minimum Gasteiger partial charge on any atom is -0.480 e. The first-order chi connectivity index (χ1) is 8.65. The van der Waals surface area contributed by atoms with E-state index in [1.54, 1.807) is 28.4 Å². The minimum absolute atomic E-state index is 0.108. The van der Waals surface area contributed by atoms with Gasteiger partial charge in [0, 0.05) is 10.6 Å². The van der Waals surface area contributed by atoms with Gasteiger partial charge in [-0.25, -0.2) is 4.39 Å². The first kappa shape index (κ1) is 12.6. The van der Waals surface area contributed by atoms with Crippen LogP contribution in [0.15, 0.2) is 41.8 Å². The topological polar surface area (TPSA) is 40.5 Å². The van der Waals surface area contributed by atoms with Crippen molar-refractivity contribution in [2.75, 3.05) is 11.4 Å². The molecule has 0 spiro atoms. The predicted molar refractivity (Wildman–Crippen MR) is 69.4 cm³/mol. The van der Waals surface area contributed by atoms with Crippen LogP contribution in [-0.2, 0) is 11.3 Å². The molecule has 3 nitrogen and oxygen atoms in total. The number of hydrogen-bond acceptors (Lipinski definition) is 3. The van der Waals surface area contributed by atoms with Crippen LogP contribution in [-0.4, -0.2) is 17.6 Å². The molecule has 18 heavy (non-hydrogen) atoms. The molecule has 0 unspecified atom stereocenters. The van der Waals surface area contributed by atoms with Crippen molar-refractivity contribution >= 4 is 23.0 Å². The molecule has 1 heterocycles. The number of aliphatic carboxylic acids is 1. The number of carbonyl (C=O) groups is 1. The van der Waals surface area contributed by atoms with Gasteiger partial charge in [-0.2, -0.15) is 0 Å². The van der Waals surface area contributed by atoms with Crippen LogP contribution in [0.1, 0.15) is 4.88 Å². The SMILES string of the molecule is O=C(O)CN(Cc1cccs1)c1ccc(F)cc1. The van der Waals surface area contributed by atoms with Gasteiger partial charge in [-0.3, -0.25) is 4.79 Å². The third-order valence-corrected chi connectivity index (χ3v) is 3.31. The van der Waals surface area contributed by atoms with Crippen molar-refractivity contribution in [3.05, 3.63) is 52.5 Å². The summed E-state index contributed by atoms with van der Waals surface area (Å²) in [5.74, 6) is -1.24. The Kier molecular flexibility index (Phi) is 3.94. The molecule has 0 saturated heterocycles. The van der Waals surface area contributed by atoms with E-state index < -0.39 is 5.97 Å². The summed E-state index contributed by atoms with van der Waals surface area (Å²) in [5.41, 5.74) is 0.701. The lowest BCUT2D eigenvalue weighted by Crippen LogP contribution is -2.28. The van der Waals surface area contributed by atoms with E-state index >= 15 is 0 Å². The van der Waals surface area contributed by atoms with Gasteiger partial charge in [0.15, 0.2) is 0 Å². The monoisotopic (exact) mass is 265 g/mol. The zero-order chi connectivity index (χ0) is 13.0. The molecule has 0 aliphatic rings. The number of halogens is 1. The molecule has 1 aromatic carbocycles. The van der Waals surface area contributed by atoms with E-state index in [4.69, 9.17) is 5.11 Å². The fourth-order valence-electron chi connectivity index (χ4n) is 1.64. The summed E-state index contributed by atoms with van der Waals surface area (Å²) >= 11 is 1.57. The van der Waals surface area contributed by atoms with Crippen molar-refractivity contribution in [1.29, 1.82) is 0 Å². The molecular formula is C13H12FNO2S. The van der Waals surface area contributed by atoms with Gasteiger partial charge in [0.05, 0.1) is 6.54 Å². The molecule has 0 bridgehead atoms. The molecule has 0 aliphatic heterocycles. The highest BCUT2D eigenvalue weighted by Gasteiger charge is 2.12. The summed E-state index contributed by atoms with van der Waals surface area (Å²) in [4.78, 5) is 13.6. The van der Waals surface area contributed by atoms with Crippen LogP contribution in [0.5, 0.6) is 0 Å². The molecule has 2 rings (SSSR count). The van der Waals surface area contributed by atoms with E-state index in [-0.39, 0.29) is 12.4 Å². The van der Waals surface area contributed by atoms with E-state index in [0.717, 1.165) is 4.88 Å². The van der Waals surface area contributed by atoms with Crippen LogP contribution in [0.2, 0.25) is 0 Å². The van der Waals surface area contributed by atoms with Gasteiger partial charge in [-0.05, 0) is 35.7 Å². The van der Waals surface area contributed by atoms with Crippen LogP contribution in [0, 0.1) is 5.82 Å². The first-order valence-electron chi connectivity index (χ1n) is 5.40. The Morgan fingerprint density at radius 3 is 2.56 bits per heavy atom. The smallest absolute Gasteiger partial charge is 0.323 e. The van der Waals surface area contributed by atoms with Crippen molar-refractivity contribution in [1.82, 2.24) is 0 Å². The van der Waals surface area contributed by atoms with E-state index in [1.807, 2.05) is 17.5 Å².